The van der Waals surface area contributed by atoms with Gasteiger partial charge in [0.25, 0.3) is 0 Å². The predicted molar refractivity (Wildman–Crippen MR) is 81.8 cm³/mol. The summed E-state index contributed by atoms with van der Waals surface area (Å²) < 4.78 is 14.9. The molecular formula is C17H20FN3O. The average Bonchev–Trinajstić information content (AvgIpc) is 3.25. The molecule has 0 unspecified atom stereocenters. The maximum absolute atomic E-state index is 13.0. The Kier molecular flexibility index (Phi) is 3.51. The van der Waals surface area contributed by atoms with Gasteiger partial charge >= 0.3 is 0 Å². The SMILES string of the molecule is Cc1nn(C)c(C)c1CNC(=O)C1(c2ccc(F)cc2)CC1. The maximum Gasteiger partial charge on any atom is 0.230 e. The van der Waals surface area contributed by atoms with Crippen LogP contribution >= 0.6 is 0 Å². The number of carbonyl (C=O) groups excluding carboxylic acids is 1. The number of aryl methyl sites for hydroxylation is 2. The zero-order valence-electron chi connectivity index (χ0n) is 13.1. The second kappa shape index (κ2) is 5.23. The van der Waals surface area contributed by atoms with Crippen molar-refractivity contribution in [3.05, 3.63) is 52.6 Å². The molecule has 0 aliphatic heterocycles. The van der Waals surface area contributed by atoms with Crippen LogP contribution < -0.4 is 5.32 Å². The van der Waals surface area contributed by atoms with E-state index < -0.39 is 5.41 Å². The van der Waals surface area contributed by atoms with E-state index in [0.29, 0.717) is 6.54 Å². The molecule has 1 saturated carbocycles. The van der Waals surface area contributed by atoms with Gasteiger partial charge in [0.1, 0.15) is 5.82 Å². The highest BCUT2D eigenvalue weighted by atomic mass is 19.1. The van der Waals surface area contributed by atoms with Gasteiger partial charge in [0.2, 0.25) is 5.91 Å². The minimum Gasteiger partial charge on any atom is -0.351 e. The summed E-state index contributed by atoms with van der Waals surface area (Å²) in [4.78, 5) is 12.6. The molecule has 0 saturated heterocycles. The molecule has 0 bridgehead atoms. The largest absolute Gasteiger partial charge is 0.351 e. The number of carbonyl (C=O) groups is 1. The fourth-order valence-electron chi connectivity index (χ4n) is 2.95. The number of rotatable bonds is 4. The number of benzene rings is 1. The van der Waals surface area contributed by atoms with E-state index in [1.54, 1.807) is 12.1 Å². The first-order chi connectivity index (χ1) is 10.4. The van der Waals surface area contributed by atoms with E-state index in [1.165, 1.54) is 12.1 Å². The van der Waals surface area contributed by atoms with Crippen LogP contribution in [-0.2, 0) is 23.8 Å². The zero-order valence-corrected chi connectivity index (χ0v) is 13.1. The molecule has 22 heavy (non-hydrogen) atoms. The minimum atomic E-state index is -0.474. The van der Waals surface area contributed by atoms with Crippen LogP contribution in [0.4, 0.5) is 4.39 Å². The van der Waals surface area contributed by atoms with Crippen LogP contribution in [0.15, 0.2) is 24.3 Å². The third-order valence-corrected chi connectivity index (χ3v) is 4.67. The first kappa shape index (κ1) is 14.8. The van der Waals surface area contributed by atoms with E-state index in [0.717, 1.165) is 35.4 Å². The molecule has 2 aromatic rings. The molecule has 1 amide bonds. The molecule has 3 rings (SSSR count). The van der Waals surface area contributed by atoms with E-state index >= 15 is 0 Å². The summed E-state index contributed by atoms with van der Waals surface area (Å²) in [7, 11) is 1.90. The van der Waals surface area contributed by atoms with E-state index in [9.17, 15) is 9.18 Å². The predicted octanol–water partition coefficient (Wildman–Crippen LogP) is 2.52. The zero-order chi connectivity index (χ0) is 15.9. The number of halogens is 1. The summed E-state index contributed by atoms with van der Waals surface area (Å²) in [5, 5.41) is 7.38. The van der Waals surface area contributed by atoms with Crippen LogP contribution in [0.5, 0.6) is 0 Å². The van der Waals surface area contributed by atoms with Crippen molar-refractivity contribution in [2.45, 2.75) is 38.6 Å². The molecular weight excluding hydrogens is 281 g/mol. The number of nitrogens with one attached hydrogen (secondary N) is 1. The second-order valence-corrected chi connectivity index (χ2v) is 6.04. The number of nitrogens with zero attached hydrogens (tertiary/aromatic N) is 2. The first-order valence-electron chi connectivity index (χ1n) is 7.47. The van der Waals surface area contributed by atoms with Crippen molar-refractivity contribution in [1.29, 1.82) is 0 Å². The Labute approximate surface area is 129 Å². The fraction of sp³-hybridized carbons (Fsp3) is 0.412. The van der Waals surface area contributed by atoms with Crippen molar-refractivity contribution in [2.24, 2.45) is 7.05 Å². The highest BCUT2D eigenvalue weighted by Crippen LogP contribution is 2.48. The Bertz CT molecular complexity index is 714. The monoisotopic (exact) mass is 301 g/mol. The summed E-state index contributed by atoms with van der Waals surface area (Å²) in [6.45, 7) is 4.42. The quantitative estimate of drug-likeness (QED) is 0.943. The molecule has 1 heterocycles. The number of amides is 1. The molecule has 1 N–H and O–H groups in total. The molecule has 4 nitrogen and oxygen atoms in total. The van der Waals surface area contributed by atoms with Crippen molar-refractivity contribution in [1.82, 2.24) is 15.1 Å². The molecule has 0 spiro atoms. The van der Waals surface area contributed by atoms with Crippen LogP contribution in [0.2, 0.25) is 0 Å². The lowest BCUT2D eigenvalue weighted by Gasteiger charge is -2.16. The molecule has 1 aromatic heterocycles. The molecule has 1 aliphatic rings. The van der Waals surface area contributed by atoms with Crippen LogP contribution in [0.1, 0.15) is 35.4 Å². The van der Waals surface area contributed by atoms with Gasteiger partial charge < -0.3 is 5.32 Å². The molecule has 0 radical (unpaired) electrons. The Morgan fingerprint density at radius 3 is 2.45 bits per heavy atom. The molecule has 1 aliphatic carbocycles. The minimum absolute atomic E-state index is 0.0155. The number of aromatic nitrogens is 2. The summed E-state index contributed by atoms with van der Waals surface area (Å²) >= 11 is 0. The van der Waals surface area contributed by atoms with Gasteiger partial charge in [0.05, 0.1) is 11.1 Å². The lowest BCUT2D eigenvalue weighted by atomic mass is 9.95. The van der Waals surface area contributed by atoms with Crippen molar-refractivity contribution in [2.75, 3.05) is 0 Å². The Hall–Kier alpha value is -2.17. The smallest absolute Gasteiger partial charge is 0.230 e. The molecule has 1 fully saturated rings. The summed E-state index contributed by atoms with van der Waals surface area (Å²) in [5.74, 6) is -0.261. The van der Waals surface area contributed by atoms with Gasteiger partial charge in [0, 0.05) is 24.8 Å². The Morgan fingerprint density at radius 1 is 1.32 bits per heavy atom. The first-order valence-corrected chi connectivity index (χ1v) is 7.47. The van der Waals surface area contributed by atoms with Gasteiger partial charge in [-0.2, -0.15) is 5.10 Å². The fourth-order valence-corrected chi connectivity index (χ4v) is 2.95. The lowest BCUT2D eigenvalue weighted by molar-refractivity contribution is -0.123. The summed E-state index contributed by atoms with van der Waals surface area (Å²) in [5.41, 5.74) is 3.48. The maximum atomic E-state index is 13.0. The Balaban J connectivity index is 1.73. The Morgan fingerprint density at radius 2 is 1.95 bits per heavy atom. The van der Waals surface area contributed by atoms with E-state index in [2.05, 4.69) is 10.4 Å². The van der Waals surface area contributed by atoms with Crippen molar-refractivity contribution >= 4 is 5.91 Å². The van der Waals surface area contributed by atoms with Crippen LogP contribution in [0.3, 0.4) is 0 Å². The van der Waals surface area contributed by atoms with Crippen LogP contribution in [0.25, 0.3) is 0 Å². The summed E-state index contributed by atoms with van der Waals surface area (Å²) in [6, 6.07) is 6.25. The average molecular weight is 301 g/mol. The normalized spacial score (nSPS) is 15.6. The van der Waals surface area contributed by atoms with Crippen LogP contribution in [0, 0.1) is 19.7 Å². The highest BCUT2D eigenvalue weighted by molar-refractivity contribution is 5.91. The third kappa shape index (κ3) is 2.40. The van der Waals surface area contributed by atoms with Crippen molar-refractivity contribution < 1.29 is 9.18 Å². The molecule has 0 atom stereocenters. The standard InChI is InChI=1S/C17H20FN3O/c1-11-15(12(2)21(3)20-11)10-19-16(22)17(8-9-17)13-4-6-14(18)7-5-13/h4-7H,8-10H2,1-3H3,(H,19,22). The van der Waals surface area contributed by atoms with E-state index in [-0.39, 0.29) is 11.7 Å². The van der Waals surface area contributed by atoms with Gasteiger partial charge in [-0.25, -0.2) is 4.39 Å². The van der Waals surface area contributed by atoms with Crippen molar-refractivity contribution in [3.63, 3.8) is 0 Å². The molecule has 5 heteroatoms. The van der Waals surface area contributed by atoms with Crippen molar-refractivity contribution in [3.8, 4) is 0 Å². The third-order valence-electron chi connectivity index (χ3n) is 4.67. The summed E-state index contributed by atoms with van der Waals surface area (Å²) in [6.07, 6.45) is 1.63. The van der Waals surface area contributed by atoms with Gasteiger partial charge in [0.15, 0.2) is 0 Å². The second-order valence-electron chi connectivity index (χ2n) is 6.04. The molecule has 1 aromatic carbocycles. The van der Waals surface area contributed by atoms with Crippen LogP contribution in [-0.4, -0.2) is 15.7 Å². The number of hydrogen-bond acceptors (Lipinski definition) is 2. The van der Waals surface area contributed by atoms with E-state index in [4.69, 9.17) is 0 Å². The van der Waals surface area contributed by atoms with Gasteiger partial charge in [-0.3, -0.25) is 9.48 Å². The number of hydrogen-bond donors (Lipinski definition) is 1. The topological polar surface area (TPSA) is 46.9 Å². The molecule has 116 valence electrons. The van der Waals surface area contributed by atoms with E-state index in [1.807, 2.05) is 25.6 Å². The van der Waals surface area contributed by atoms with Gasteiger partial charge in [-0.05, 0) is 44.4 Å². The highest BCUT2D eigenvalue weighted by Gasteiger charge is 2.51. The lowest BCUT2D eigenvalue weighted by Crippen LogP contribution is -2.34. The van der Waals surface area contributed by atoms with Gasteiger partial charge in [-0.15, -0.1) is 0 Å². The van der Waals surface area contributed by atoms with Gasteiger partial charge in [-0.1, -0.05) is 12.1 Å².